The van der Waals surface area contributed by atoms with Gasteiger partial charge in [-0.1, -0.05) is 6.07 Å². The average molecular weight is 577 g/mol. The van der Waals surface area contributed by atoms with Crippen molar-refractivity contribution < 1.29 is 26.3 Å². The number of alkyl halides is 6. The molecule has 0 saturated heterocycles. The van der Waals surface area contributed by atoms with Crippen molar-refractivity contribution in [2.45, 2.75) is 62.0 Å². The highest BCUT2D eigenvalue weighted by molar-refractivity contribution is 5.77. The second kappa shape index (κ2) is 8.50. The molecule has 2 aliphatic carbocycles. The highest BCUT2D eigenvalue weighted by Gasteiger charge is 2.66. The third-order valence-corrected chi connectivity index (χ3v) is 8.15. The van der Waals surface area contributed by atoms with Crippen molar-refractivity contribution in [3.05, 3.63) is 64.0 Å². The molecular weight excluding hydrogens is 554 g/mol. The van der Waals surface area contributed by atoms with Gasteiger partial charge in [0, 0.05) is 42.7 Å². The zero-order valence-electron chi connectivity index (χ0n) is 21.3. The Bertz CT molecular complexity index is 1750. The van der Waals surface area contributed by atoms with Crippen LogP contribution in [0.1, 0.15) is 42.6 Å². The number of aromatic nitrogens is 6. The number of nitrogens with zero attached hydrogens (tertiary/aromatic N) is 6. The largest absolute Gasteiger partial charge is 0.408 e. The molecule has 9 nitrogen and oxygen atoms in total. The Balaban J connectivity index is 1.32. The predicted octanol–water partition coefficient (Wildman–Crippen LogP) is 4.41. The van der Waals surface area contributed by atoms with Crippen molar-refractivity contribution in [2.75, 3.05) is 11.9 Å². The molecule has 7 rings (SSSR count). The molecular formula is C26H22F6N8O. The molecule has 214 valence electrons. The smallest absolute Gasteiger partial charge is 0.324 e. The lowest BCUT2D eigenvalue weighted by molar-refractivity contribution is -0.162. The molecule has 4 aromatic rings. The number of hydrogen-bond acceptors (Lipinski definition) is 7. The quantitative estimate of drug-likeness (QED) is 0.340. The first-order valence-electron chi connectivity index (χ1n) is 13.0. The Morgan fingerprint density at radius 2 is 1.78 bits per heavy atom. The van der Waals surface area contributed by atoms with Crippen LogP contribution >= 0.6 is 0 Å². The summed E-state index contributed by atoms with van der Waals surface area (Å²) in [4.78, 5) is 29.3. The molecule has 1 aromatic carbocycles. The molecule has 2 saturated carbocycles. The maximum atomic E-state index is 13.8. The van der Waals surface area contributed by atoms with Gasteiger partial charge >= 0.3 is 12.4 Å². The first kappa shape index (κ1) is 25.9. The van der Waals surface area contributed by atoms with E-state index in [9.17, 15) is 31.1 Å². The highest BCUT2D eigenvalue weighted by Crippen LogP contribution is 2.57. The van der Waals surface area contributed by atoms with E-state index in [4.69, 9.17) is 0 Å². The fraction of sp³-hybridized carbons (Fsp3) is 0.423. The van der Waals surface area contributed by atoms with Gasteiger partial charge < -0.3 is 10.6 Å². The summed E-state index contributed by atoms with van der Waals surface area (Å²) in [7, 11) is 0. The van der Waals surface area contributed by atoms with Gasteiger partial charge in [0.1, 0.15) is 23.2 Å². The van der Waals surface area contributed by atoms with E-state index in [0.717, 1.165) is 48.1 Å². The van der Waals surface area contributed by atoms with Gasteiger partial charge in [-0.05, 0) is 48.9 Å². The normalized spacial score (nSPS) is 18.9. The van der Waals surface area contributed by atoms with E-state index >= 15 is 0 Å². The Labute approximate surface area is 227 Å². The highest BCUT2D eigenvalue weighted by atomic mass is 19.4. The minimum atomic E-state index is -4.82. The van der Waals surface area contributed by atoms with E-state index in [0.29, 0.717) is 16.9 Å². The minimum Gasteiger partial charge on any atom is -0.324 e. The Hall–Kier alpha value is -4.01. The Kier molecular flexibility index (Phi) is 5.38. The lowest BCUT2D eigenvalue weighted by atomic mass is 9.88. The molecule has 0 radical (unpaired) electrons. The second-order valence-electron chi connectivity index (χ2n) is 10.9. The molecule has 41 heavy (non-hydrogen) atoms. The maximum absolute atomic E-state index is 13.8. The molecule has 3 aliphatic rings. The van der Waals surface area contributed by atoms with Crippen LogP contribution in [0.5, 0.6) is 0 Å². The number of hydrogen-bond donors (Lipinski definition) is 2. The van der Waals surface area contributed by atoms with Crippen LogP contribution in [0.2, 0.25) is 0 Å². The van der Waals surface area contributed by atoms with Crippen molar-refractivity contribution >= 4 is 22.7 Å². The molecule has 0 atom stereocenters. The number of nitrogens with one attached hydrogen (secondary N) is 2. The van der Waals surface area contributed by atoms with Gasteiger partial charge in [0.25, 0.3) is 5.56 Å². The summed E-state index contributed by atoms with van der Waals surface area (Å²) in [5.41, 5.74) is -0.380. The fourth-order valence-electron chi connectivity index (χ4n) is 5.68. The summed E-state index contributed by atoms with van der Waals surface area (Å²) in [6, 6.07) is 6.99. The molecule has 0 amide bonds. The van der Waals surface area contributed by atoms with E-state index in [-0.39, 0.29) is 41.1 Å². The first-order chi connectivity index (χ1) is 19.4. The summed E-state index contributed by atoms with van der Waals surface area (Å²) in [5.74, 6) is -0.927. The van der Waals surface area contributed by atoms with Crippen molar-refractivity contribution in [3.8, 4) is 5.82 Å². The van der Waals surface area contributed by atoms with Crippen molar-refractivity contribution in [1.82, 2.24) is 34.6 Å². The van der Waals surface area contributed by atoms with E-state index in [1.54, 1.807) is 0 Å². The van der Waals surface area contributed by atoms with Gasteiger partial charge in [-0.25, -0.2) is 24.3 Å². The molecule has 4 heterocycles. The topological polar surface area (TPSA) is 103 Å². The fourth-order valence-corrected chi connectivity index (χ4v) is 5.68. The maximum Gasteiger partial charge on any atom is 0.408 e. The monoisotopic (exact) mass is 576 g/mol. The van der Waals surface area contributed by atoms with Crippen molar-refractivity contribution in [3.63, 3.8) is 0 Å². The third kappa shape index (κ3) is 4.24. The van der Waals surface area contributed by atoms with Gasteiger partial charge in [0.2, 0.25) is 5.95 Å². The molecule has 1 aliphatic heterocycles. The van der Waals surface area contributed by atoms with Crippen LogP contribution in [0.3, 0.4) is 0 Å². The Morgan fingerprint density at radius 3 is 2.46 bits per heavy atom. The van der Waals surface area contributed by atoms with Crippen LogP contribution in [0.4, 0.5) is 38.0 Å². The van der Waals surface area contributed by atoms with Crippen LogP contribution in [0.25, 0.3) is 16.9 Å². The summed E-state index contributed by atoms with van der Waals surface area (Å²) in [6.07, 6.45) is -5.59. The molecule has 2 fully saturated rings. The van der Waals surface area contributed by atoms with Crippen LogP contribution in [0.15, 0.2) is 41.5 Å². The summed E-state index contributed by atoms with van der Waals surface area (Å²) < 4.78 is 83.0. The SMILES string of the molecule is O=c1c2cnc(Nc3ccc4c(c3)CNCC43CC3)nc2n(-c2ccnc(C3(C(F)(F)F)CC3)n2)n1CC(F)(F)F. The van der Waals surface area contributed by atoms with Crippen LogP contribution in [0, 0.1) is 0 Å². The second-order valence-corrected chi connectivity index (χ2v) is 10.9. The summed E-state index contributed by atoms with van der Waals surface area (Å²) in [5, 5.41) is 6.21. The van der Waals surface area contributed by atoms with Crippen LogP contribution in [-0.4, -0.2) is 48.2 Å². The summed E-state index contributed by atoms with van der Waals surface area (Å²) >= 11 is 0. The lowest BCUT2D eigenvalue weighted by Crippen LogP contribution is -2.33. The van der Waals surface area contributed by atoms with Gasteiger partial charge in [0.05, 0.1) is 0 Å². The standard InChI is InChI=1S/C26H22F6N8O/c27-25(28,29)13-39-20(41)16-11-35-22(36-15-1-2-17-14(9-15)10-33-12-23(17)4-5-23)38-19(16)40(39)18-3-8-34-21(37-18)24(6-7-24)26(30,31)32/h1-3,8-9,11,33H,4-7,10,12-13H2,(H,35,36,38). The molecule has 1 spiro atoms. The average Bonchev–Trinajstić information content (AvgIpc) is 3.83. The van der Waals surface area contributed by atoms with Gasteiger partial charge in [-0.3, -0.25) is 4.79 Å². The molecule has 3 aromatic heterocycles. The number of rotatable bonds is 5. The van der Waals surface area contributed by atoms with E-state index in [2.05, 4.69) is 30.6 Å². The van der Waals surface area contributed by atoms with E-state index < -0.39 is 35.7 Å². The zero-order chi connectivity index (χ0) is 28.8. The number of benzene rings is 1. The van der Waals surface area contributed by atoms with Gasteiger partial charge in [-0.2, -0.15) is 31.3 Å². The first-order valence-corrected chi connectivity index (χ1v) is 13.0. The van der Waals surface area contributed by atoms with Gasteiger partial charge in [0.15, 0.2) is 11.5 Å². The van der Waals surface area contributed by atoms with Crippen LogP contribution in [-0.2, 0) is 23.9 Å². The molecule has 2 N–H and O–H groups in total. The molecule has 15 heteroatoms. The lowest BCUT2D eigenvalue weighted by Gasteiger charge is -2.26. The zero-order valence-corrected chi connectivity index (χ0v) is 21.3. The Morgan fingerprint density at radius 1 is 1.00 bits per heavy atom. The van der Waals surface area contributed by atoms with Crippen LogP contribution < -0.4 is 16.2 Å². The molecule has 0 bridgehead atoms. The van der Waals surface area contributed by atoms with Crippen molar-refractivity contribution in [2.24, 2.45) is 0 Å². The van der Waals surface area contributed by atoms with Gasteiger partial charge in [-0.15, -0.1) is 0 Å². The van der Waals surface area contributed by atoms with Crippen molar-refractivity contribution in [1.29, 1.82) is 0 Å². The predicted molar refractivity (Wildman–Crippen MR) is 134 cm³/mol. The number of halogens is 6. The third-order valence-electron chi connectivity index (χ3n) is 8.15. The van der Waals surface area contributed by atoms with E-state index in [1.165, 1.54) is 5.56 Å². The molecule has 0 unspecified atom stereocenters. The summed E-state index contributed by atoms with van der Waals surface area (Å²) in [6.45, 7) is -0.107. The van der Waals surface area contributed by atoms with E-state index in [1.807, 2.05) is 18.2 Å². The number of anilines is 2. The minimum absolute atomic E-state index is 0.0107. The number of fused-ring (bicyclic) bond motifs is 3.